The summed E-state index contributed by atoms with van der Waals surface area (Å²) in [6.07, 6.45) is 0.742. The lowest BCUT2D eigenvalue weighted by molar-refractivity contribution is 0.504. The topological polar surface area (TPSA) is 13.1 Å². The van der Waals surface area contributed by atoms with Gasteiger partial charge in [-0.2, -0.15) is 0 Å². The molecule has 15 heavy (non-hydrogen) atoms. The molecular formula is C12H10Cl2O. The van der Waals surface area contributed by atoms with E-state index in [1.807, 2.05) is 36.4 Å². The summed E-state index contributed by atoms with van der Waals surface area (Å²) in [5, 5.41) is 0.212. The molecule has 0 aliphatic heterocycles. The predicted molar refractivity (Wildman–Crippen MR) is 62.5 cm³/mol. The summed E-state index contributed by atoms with van der Waals surface area (Å²) in [6.45, 7) is 0. The van der Waals surface area contributed by atoms with Crippen LogP contribution in [0.4, 0.5) is 0 Å². The Bertz CT molecular complexity index is 422. The van der Waals surface area contributed by atoms with Crippen LogP contribution in [-0.4, -0.2) is 0 Å². The van der Waals surface area contributed by atoms with Crippen LogP contribution in [0.5, 0.6) is 0 Å². The third-order valence-electron chi connectivity index (χ3n) is 2.16. The number of benzene rings is 1. The van der Waals surface area contributed by atoms with E-state index in [2.05, 4.69) is 0 Å². The molecule has 1 aromatic heterocycles. The van der Waals surface area contributed by atoms with Crippen LogP contribution < -0.4 is 0 Å². The molecule has 0 bridgehead atoms. The lowest BCUT2D eigenvalue weighted by Gasteiger charge is -2.05. The summed E-state index contributed by atoms with van der Waals surface area (Å²) in [4.78, 5) is 0. The van der Waals surface area contributed by atoms with Gasteiger partial charge in [-0.25, -0.2) is 0 Å². The van der Waals surface area contributed by atoms with Crippen molar-refractivity contribution in [2.45, 2.75) is 11.8 Å². The lowest BCUT2D eigenvalue weighted by Crippen LogP contribution is -1.93. The summed E-state index contributed by atoms with van der Waals surface area (Å²) in [5.74, 6) is 0.713. The minimum atomic E-state index is -0.167. The number of hydrogen-bond donors (Lipinski definition) is 0. The van der Waals surface area contributed by atoms with Crippen LogP contribution in [0.2, 0.25) is 5.22 Å². The monoisotopic (exact) mass is 240 g/mol. The van der Waals surface area contributed by atoms with Gasteiger partial charge in [0.25, 0.3) is 0 Å². The van der Waals surface area contributed by atoms with Gasteiger partial charge in [-0.05, 0) is 35.7 Å². The zero-order valence-corrected chi connectivity index (χ0v) is 9.50. The Morgan fingerprint density at radius 3 is 2.40 bits per heavy atom. The van der Waals surface area contributed by atoms with Crippen LogP contribution in [0.15, 0.2) is 46.9 Å². The summed E-state index contributed by atoms with van der Waals surface area (Å²) >= 11 is 11.9. The third-order valence-corrected chi connectivity index (χ3v) is 2.73. The molecule has 0 radical (unpaired) electrons. The summed E-state index contributed by atoms with van der Waals surface area (Å²) in [5.41, 5.74) is 1.19. The van der Waals surface area contributed by atoms with E-state index in [1.165, 1.54) is 5.56 Å². The Kier molecular flexibility index (Phi) is 3.34. The van der Waals surface area contributed by atoms with E-state index in [-0.39, 0.29) is 5.38 Å². The van der Waals surface area contributed by atoms with Crippen molar-refractivity contribution in [3.63, 3.8) is 0 Å². The van der Waals surface area contributed by atoms with E-state index >= 15 is 0 Å². The van der Waals surface area contributed by atoms with E-state index in [0.717, 1.165) is 6.42 Å². The molecule has 2 rings (SSSR count). The van der Waals surface area contributed by atoms with Crippen molar-refractivity contribution in [3.8, 4) is 0 Å². The van der Waals surface area contributed by atoms with Crippen LogP contribution in [0.3, 0.4) is 0 Å². The largest absolute Gasteiger partial charge is 0.448 e. The fourth-order valence-corrected chi connectivity index (χ4v) is 1.87. The molecule has 1 heterocycles. The smallest absolute Gasteiger partial charge is 0.193 e. The Balaban J connectivity index is 2.07. The fourth-order valence-electron chi connectivity index (χ4n) is 1.42. The second kappa shape index (κ2) is 4.73. The van der Waals surface area contributed by atoms with Gasteiger partial charge in [0.2, 0.25) is 0 Å². The second-order valence-electron chi connectivity index (χ2n) is 3.30. The summed E-state index contributed by atoms with van der Waals surface area (Å²) in [6, 6.07) is 13.6. The van der Waals surface area contributed by atoms with Crippen molar-refractivity contribution in [3.05, 3.63) is 59.0 Å². The maximum Gasteiger partial charge on any atom is 0.193 e. The highest BCUT2D eigenvalue weighted by Gasteiger charge is 2.12. The van der Waals surface area contributed by atoms with Crippen LogP contribution in [0.25, 0.3) is 0 Å². The highest BCUT2D eigenvalue weighted by molar-refractivity contribution is 6.29. The first-order chi connectivity index (χ1) is 7.25. The van der Waals surface area contributed by atoms with Crippen molar-refractivity contribution in [1.82, 2.24) is 0 Å². The molecule has 0 aliphatic rings. The molecule has 0 amide bonds. The van der Waals surface area contributed by atoms with Gasteiger partial charge in [-0.1, -0.05) is 30.3 Å². The molecular weight excluding hydrogens is 231 g/mol. The van der Waals surface area contributed by atoms with E-state index in [1.54, 1.807) is 6.07 Å². The molecule has 1 unspecified atom stereocenters. The molecule has 0 saturated carbocycles. The van der Waals surface area contributed by atoms with Gasteiger partial charge in [-0.15, -0.1) is 11.6 Å². The summed E-state index contributed by atoms with van der Waals surface area (Å²) in [7, 11) is 0. The minimum absolute atomic E-state index is 0.167. The maximum absolute atomic E-state index is 6.20. The molecule has 0 N–H and O–H groups in total. The Morgan fingerprint density at radius 1 is 1.07 bits per heavy atom. The molecule has 0 saturated heterocycles. The van der Waals surface area contributed by atoms with Gasteiger partial charge in [-0.3, -0.25) is 0 Å². The van der Waals surface area contributed by atoms with Gasteiger partial charge < -0.3 is 4.42 Å². The molecule has 0 fully saturated rings. The third kappa shape index (κ3) is 2.77. The average molecular weight is 241 g/mol. The number of halogens is 2. The maximum atomic E-state index is 6.20. The van der Waals surface area contributed by atoms with Gasteiger partial charge in [0, 0.05) is 0 Å². The van der Waals surface area contributed by atoms with Gasteiger partial charge in [0.05, 0.1) is 5.38 Å². The van der Waals surface area contributed by atoms with Crippen molar-refractivity contribution < 1.29 is 4.42 Å². The van der Waals surface area contributed by atoms with Crippen LogP contribution in [0.1, 0.15) is 16.7 Å². The van der Waals surface area contributed by atoms with Crippen molar-refractivity contribution >= 4 is 23.2 Å². The number of furan rings is 1. The van der Waals surface area contributed by atoms with Crippen molar-refractivity contribution in [2.24, 2.45) is 0 Å². The SMILES string of the molecule is Clc1ccc(C(Cl)Cc2ccccc2)o1. The predicted octanol–water partition coefficient (Wildman–Crippen LogP) is 4.46. The minimum Gasteiger partial charge on any atom is -0.448 e. The van der Waals surface area contributed by atoms with Gasteiger partial charge in [0.15, 0.2) is 5.22 Å². The standard InChI is InChI=1S/C12H10Cl2O/c13-10(11-6-7-12(14)15-11)8-9-4-2-1-3-5-9/h1-7,10H,8H2. The molecule has 78 valence electrons. The van der Waals surface area contributed by atoms with Crippen LogP contribution >= 0.6 is 23.2 Å². The molecule has 2 aromatic rings. The first kappa shape index (κ1) is 10.6. The molecule has 0 aliphatic carbocycles. The van der Waals surface area contributed by atoms with Crippen molar-refractivity contribution in [2.75, 3.05) is 0 Å². The quantitative estimate of drug-likeness (QED) is 0.723. The first-order valence-electron chi connectivity index (χ1n) is 4.69. The highest BCUT2D eigenvalue weighted by Crippen LogP contribution is 2.28. The first-order valence-corrected chi connectivity index (χ1v) is 5.50. The lowest BCUT2D eigenvalue weighted by atomic mass is 10.1. The number of rotatable bonds is 3. The molecule has 1 aromatic carbocycles. The zero-order chi connectivity index (χ0) is 10.7. The molecule has 3 heteroatoms. The van der Waals surface area contributed by atoms with E-state index in [9.17, 15) is 0 Å². The van der Waals surface area contributed by atoms with Crippen molar-refractivity contribution in [1.29, 1.82) is 0 Å². The summed E-state index contributed by atoms with van der Waals surface area (Å²) < 4.78 is 5.25. The van der Waals surface area contributed by atoms with Crippen LogP contribution in [-0.2, 0) is 6.42 Å². The number of alkyl halides is 1. The van der Waals surface area contributed by atoms with Gasteiger partial charge >= 0.3 is 0 Å². The number of hydrogen-bond acceptors (Lipinski definition) is 1. The highest BCUT2D eigenvalue weighted by atomic mass is 35.5. The molecule has 0 spiro atoms. The zero-order valence-electron chi connectivity index (χ0n) is 7.99. The Hall–Kier alpha value is -0.920. The van der Waals surface area contributed by atoms with Crippen LogP contribution in [0, 0.1) is 0 Å². The Morgan fingerprint density at radius 2 is 1.80 bits per heavy atom. The fraction of sp³-hybridized carbons (Fsp3) is 0.167. The molecule has 1 nitrogen and oxygen atoms in total. The van der Waals surface area contributed by atoms with E-state index < -0.39 is 0 Å². The van der Waals surface area contributed by atoms with Gasteiger partial charge in [0.1, 0.15) is 5.76 Å². The average Bonchev–Trinajstić information content (AvgIpc) is 2.66. The Labute approximate surface area is 98.6 Å². The normalized spacial score (nSPS) is 12.7. The second-order valence-corrected chi connectivity index (χ2v) is 4.20. The van der Waals surface area contributed by atoms with E-state index in [0.29, 0.717) is 11.0 Å². The molecule has 1 atom stereocenters. The van der Waals surface area contributed by atoms with E-state index in [4.69, 9.17) is 27.6 Å².